The van der Waals surface area contributed by atoms with Gasteiger partial charge in [0.05, 0.1) is 18.1 Å². The molecule has 92 valence electrons. The molecule has 0 aliphatic rings. The Morgan fingerprint density at radius 2 is 1.53 bits per heavy atom. The second-order valence-electron chi connectivity index (χ2n) is 4.13. The topological polar surface area (TPSA) is 47.8 Å². The summed E-state index contributed by atoms with van der Waals surface area (Å²) in [5.41, 5.74) is 3.82. The van der Waals surface area contributed by atoms with Gasteiger partial charge in [0.15, 0.2) is 0 Å². The third-order valence-corrected chi connectivity index (χ3v) is 2.93. The molecule has 0 aliphatic carbocycles. The predicted molar refractivity (Wildman–Crippen MR) is 72.2 cm³/mol. The molecule has 2 aromatic carbocycles. The minimum absolute atomic E-state index is 0.683. The minimum atomic E-state index is 0.683. The number of aldehydes is 1. The van der Waals surface area contributed by atoms with Crippen LogP contribution in [0.15, 0.2) is 60.9 Å². The molecular weight excluding hydrogens is 238 g/mol. The van der Waals surface area contributed by atoms with Gasteiger partial charge in [-0.3, -0.25) is 4.79 Å². The highest BCUT2D eigenvalue weighted by atomic mass is 16.1. The summed E-state index contributed by atoms with van der Waals surface area (Å²) >= 11 is 0. The normalized spacial score (nSPS) is 10.3. The number of hydrogen-bond donors (Lipinski definition) is 0. The molecule has 4 nitrogen and oxygen atoms in total. The monoisotopic (exact) mass is 249 g/mol. The van der Waals surface area contributed by atoms with Gasteiger partial charge in [0, 0.05) is 5.56 Å². The van der Waals surface area contributed by atoms with Gasteiger partial charge in [-0.1, -0.05) is 41.6 Å². The lowest BCUT2D eigenvalue weighted by Gasteiger charge is -2.04. The maximum absolute atomic E-state index is 10.6. The van der Waals surface area contributed by atoms with Crippen molar-refractivity contribution in [1.82, 2.24) is 15.0 Å². The van der Waals surface area contributed by atoms with Crippen LogP contribution in [0.5, 0.6) is 0 Å². The van der Waals surface area contributed by atoms with E-state index in [2.05, 4.69) is 10.3 Å². The zero-order valence-electron chi connectivity index (χ0n) is 10.1. The molecule has 0 aliphatic heterocycles. The molecule has 3 aromatic rings. The Kier molecular flexibility index (Phi) is 2.90. The highest BCUT2D eigenvalue weighted by Crippen LogP contribution is 2.20. The quantitative estimate of drug-likeness (QED) is 0.670. The van der Waals surface area contributed by atoms with Gasteiger partial charge in [0.2, 0.25) is 0 Å². The standard InChI is InChI=1S/C15H11N3O/c19-11-12-1-3-13(4-2-12)14-5-7-15(8-6-14)18-10-9-16-17-18/h1-11H. The van der Waals surface area contributed by atoms with Gasteiger partial charge in [0.25, 0.3) is 0 Å². The Bertz CT molecular complexity index is 670. The van der Waals surface area contributed by atoms with Crippen LogP contribution in [0.4, 0.5) is 0 Å². The molecule has 3 rings (SSSR count). The number of carbonyl (C=O) groups is 1. The van der Waals surface area contributed by atoms with Crippen LogP contribution in [0.3, 0.4) is 0 Å². The first-order chi connectivity index (χ1) is 9.36. The van der Waals surface area contributed by atoms with Gasteiger partial charge < -0.3 is 0 Å². The fourth-order valence-corrected chi connectivity index (χ4v) is 1.91. The summed E-state index contributed by atoms with van der Waals surface area (Å²) in [5.74, 6) is 0. The fraction of sp³-hybridized carbons (Fsp3) is 0. The number of nitrogens with zero attached hydrogens (tertiary/aromatic N) is 3. The van der Waals surface area contributed by atoms with Gasteiger partial charge >= 0.3 is 0 Å². The molecule has 0 saturated heterocycles. The predicted octanol–water partition coefficient (Wildman–Crippen LogP) is 2.75. The van der Waals surface area contributed by atoms with E-state index in [1.165, 1.54) is 0 Å². The van der Waals surface area contributed by atoms with Crippen LogP contribution in [0.2, 0.25) is 0 Å². The molecule has 4 heteroatoms. The van der Waals surface area contributed by atoms with Crippen molar-refractivity contribution in [3.05, 3.63) is 66.5 Å². The molecule has 1 heterocycles. The molecule has 0 fully saturated rings. The van der Waals surface area contributed by atoms with Crippen molar-refractivity contribution in [1.29, 1.82) is 0 Å². The van der Waals surface area contributed by atoms with E-state index in [0.717, 1.165) is 23.1 Å². The highest BCUT2D eigenvalue weighted by Gasteiger charge is 2.00. The van der Waals surface area contributed by atoms with Gasteiger partial charge in [-0.05, 0) is 23.3 Å². The van der Waals surface area contributed by atoms with E-state index >= 15 is 0 Å². The van der Waals surface area contributed by atoms with E-state index in [9.17, 15) is 4.79 Å². The van der Waals surface area contributed by atoms with Crippen LogP contribution in [-0.2, 0) is 0 Å². The van der Waals surface area contributed by atoms with Gasteiger partial charge in [-0.15, -0.1) is 5.10 Å². The number of benzene rings is 2. The molecule has 0 atom stereocenters. The van der Waals surface area contributed by atoms with Crippen molar-refractivity contribution in [2.75, 3.05) is 0 Å². The molecule has 0 N–H and O–H groups in total. The molecular formula is C15H11N3O. The third kappa shape index (κ3) is 2.28. The number of aromatic nitrogens is 3. The van der Waals surface area contributed by atoms with Crippen LogP contribution in [-0.4, -0.2) is 21.3 Å². The lowest BCUT2D eigenvalue weighted by molar-refractivity contribution is 0.112. The van der Waals surface area contributed by atoms with Crippen LogP contribution in [0.25, 0.3) is 16.8 Å². The Morgan fingerprint density at radius 3 is 2.05 bits per heavy atom. The number of rotatable bonds is 3. The molecule has 0 bridgehead atoms. The minimum Gasteiger partial charge on any atom is -0.298 e. The van der Waals surface area contributed by atoms with Crippen molar-refractivity contribution < 1.29 is 4.79 Å². The zero-order valence-corrected chi connectivity index (χ0v) is 10.1. The Balaban J connectivity index is 1.91. The van der Waals surface area contributed by atoms with Crippen molar-refractivity contribution >= 4 is 6.29 Å². The maximum Gasteiger partial charge on any atom is 0.150 e. The van der Waals surface area contributed by atoms with E-state index in [1.807, 2.05) is 48.5 Å². The van der Waals surface area contributed by atoms with Gasteiger partial charge in [-0.2, -0.15) is 0 Å². The van der Waals surface area contributed by atoms with Gasteiger partial charge in [-0.25, -0.2) is 4.68 Å². The second-order valence-corrected chi connectivity index (χ2v) is 4.13. The molecule has 0 saturated carbocycles. The molecule has 19 heavy (non-hydrogen) atoms. The van der Waals surface area contributed by atoms with Crippen molar-refractivity contribution in [2.24, 2.45) is 0 Å². The van der Waals surface area contributed by atoms with Crippen LogP contribution in [0, 0.1) is 0 Å². The van der Waals surface area contributed by atoms with Crippen molar-refractivity contribution in [3.8, 4) is 16.8 Å². The first kappa shape index (κ1) is 11.3. The lowest BCUT2D eigenvalue weighted by atomic mass is 10.0. The third-order valence-electron chi connectivity index (χ3n) is 2.93. The fourth-order valence-electron chi connectivity index (χ4n) is 1.91. The molecule has 0 amide bonds. The molecule has 0 radical (unpaired) electrons. The lowest BCUT2D eigenvalue weighted by Crippen LogP contribution is -1.94. The van der Waals surface area contributed by atoms with Crippen LogP contribution in [0.1, 0.15) is 10.4 Å². The average Bonchev–Trinajstić information content (AvgIpc) is 3.02. The highest BCUT2D eigenvalue weighted by molar-refractivity contribution is 5.77. The van der Waals surface area contributed by atoms with E-state index in [-0.39, 0.29) is 0 Å². The van der Waals surface area contributed by atoms with Crippen molar-refractivity contribution in [3.63, 3.8) is 0 Å². The number of hydrogen-bond acceptors (Lipinski definition) is 3. The Hall–Kier alpha value is -2.75. The second kappa shape index (κ2) is 4.86. The first-order valence-electron chi connectivity index (χ1n) is 5.89. The first-order valence-corrected chi connectivity index (χ1v) is 5.89. The van der Waals surface area contributed by atoms with Crippen molar-refractivity contribution in [2.45, 2.75) is 0 Å². The van der Waals surface area contributed by atoms with E-state index in [4.69, 9.17) is 0 Å². The maximum atomic E-state index is 10.6. The molecule has 0 unspecified atom stereocenters. The summed E-state index contributed by atoms with van der Waals surface area (Å²) in [7, 11) is 0. The Labute approximate surface area is 110 Å². The summed E-state index contributed by atoms with van der Waals surface area (Å²) < 4.78 is 1.71. The van der Waals surface area contributed by atoms with E-state index < -0.39 is 0 Å². The van der Waals surface area contributed by atoms with Gasteiger partial charge in [0.1, 0.15) is 6.29 Å². The molecule has 1 aromatic heterocycles. The summed E-state index contributed by atoms with van der Waals surface area (Å²) in [6.45, 7) is 0. The SMILES string of the molecule is O=Cc1ccc(-c2ccc(-n3ccnn3)cc2)cc1. The number of carbonyl (C=O) groups excluding carboxylic acids is 1. The summed E-state index contributed by atoms with van der Waals surface area (Å²) in [4.78, 5) is 10.6. The van der Waals surface area contributed by atoms with E-state index in [0.29, 0.717) is 5.56 Å². The molecule has 0 spiro atoms. The summed E-state index contributed by atoms with van der Waals surface area (Å²) in [6, 6.07) is 15.5. The smallest absolute Gasteiger partial charge is 0.150 e. The zero-order chi connectivity index (χ0) is 13.1. The van der Waals surface area contributed by atoms with E-state index in [1.54, 1.807) is 17.1 Å². The summed E-state index contributed by atoms with van der Waals surface area (Å²) in [6.07, 6.45) is 4.29. The average molecular weight is 249 g/mol. The summed E-state index contributed by atoms with van der Waals surface area (Å²) in [5, 5.41) is 7.72. The van der Waals surface area contributed by atoms with Crippen LogP contribution >= 0.6 is 0 Å². The van der Waals surface area contributed by atoms with Crippen LogP contribution < -0.4 is 0 Å². The largest absolute Gasteiger partial charge is 0.298 e. The Morgan fingerprint density at radius 1 is 0.895 bits per heavy atom.